The predicted molar refractivity (Wildman–Crippen MR) is 82.5 cm³/mol. The van der Waals surface area contributed by atoms with Gasteiger partial charge in [-0.15, -0.1) is 0 Å². The van der Waals surface area contributed by atoms with Gasteiger partial charge in [0.1, 0.15) is 5.82 Å². The standard InChI is InChI=1S/C17H25FN2O/c1-13(9-14-5-3-6-15(18)11-14)10-17(21)20-8-4-7-16(12-20)19-2/h3,5-6,11,13,16,19H,4,7-10,12H2,1-2H3. The molecule has 4 heteroatoms. The van der Waals surface area contributed by atoms with Crippen molar-refractivity contribution in [1.29, 1.82) is 0 Å². The van der Waals surface area contributed by atoms with Crippen molar-refractivity contribution in [2.45, 2.75) is 38.6 Å². The van der Waals surface area contributed by atoms with Gasteiger partial charge in [-0.25, -0.2) is 4.39 Å². The lowest BCUT2D eigenvalue weighted by Gasteiger charge is -2.33. The molecule has 1 heterocycles. The van der Waals surface area contributed by atoms with Gasteiger partial charge in [-0.2, -0.15) is 0 Å². The summed E-state index contributed by atoms with van der Waals surface area (Å²) < 4.78 is 13.2. The molecule has 0 aliphatic carbocycles. The van der Waals surface area contributed by atoms with E-state index in [1.165, 1.54) is 6.07 Å². The number of piperidine rings is 1. The molecule has 116 valence electrons. The van der Waals surface area contributed by atoms with Crippen LogP contribution in [-0.4, -0.2) is 37.0 Å². The van der Waals surface area contributed by atoms with Crippen molar-refractivity contribution in [2.75, 3.05) is 20.1 Å². The molecule has 1 fully saturated rings. The number of hydrogen-bond donors (Lipinski definition) is 1. The molecule has 0 aromatic heterocycles. The van der Waals surface area contributed by atoms with Crippen LogP contribution < -0.4 is 5.32 Å². The highest BCUT2D eigenvalue weighted by molar-refractivity contribution is 5.76. The van der Waals surface area contributed by atoms with Crippen LogP contribution in [-0.2, 0) is 11.2 Å². The van der Waals surface area contributed by atoms with Crippen LogP contribution in [0.5, 0.6) is 0 Å². The number of nitrogens with one attached hydrogen (secondary N) is 1. The highest BCUT2D eigenvalue weighted by Gasteiger charge is 2.23. The molecule has 1 aliphatic rings. The first kappa shape index (κ1) is 16.0. The Hall–Kier alpha value is -1.42. The van der Waals surface area contributed by atoms with E-state index in [0.717, 1.165) is 37.9 Å². The summed E-state index contributed by atoms with van der Waals surface area (Å²) in [5.74, 6) is 0.243. The molecule has 0 bridgehead atoms. The monoisotopic (exact) mass is 292 g/mol. The molecule has 1 aromatic carbocycles. The number of amides is 1. The third-order valence-corrected chi connectivity index (χ3v) is 4.18. The van der Waals surface area contributed by atoms with Crippen molar-refractivity contribution in [3.8, 4) is 0 Å². The van der Waals surface area contributed by atoms with Crippen molar-refractivity contribution in [3.05, 3.63) is 35.6 Å². The SMILES string of the molecule is CNC1CCCN(C(=O)CC(C)Cc2cccc(F)c2)C1. The summed E-state index contributed by atoms with van der Waals surface area (Å²) in [6.07, 6.45) is 3.48. The van der Waals surface area contributed by atoms with Crippen molar-refractivity contribution < 1.29 is 9.18 Å². The van der Waals surface area contributed by atoms with Gasteiger partial charge in [0.15, 0.2) is 0 Å². The molecule has 0 saturated carbocycles. The lowest BCUT2D eigenvalue weighted by molar-refractivity contribution is -0.133. The molecule has 1 aliphatic heterocycles. The molecule has 0 radical (unpaired) electrons. The van der Waals surface area contributed by atoms with Crippen molar-refractivity contribution in [2.24, 2.45) is 5.92 Å². The van der Waals surface area contributed by atoms with Crippen molar-refractivity contribution >= 4 is 5.91 Å². The molecule has 0 spiro atoms. The second kappa shape index (κ2) is 7.55. The third kappa shape index (κ3) is 4.81. The van der Waals surface area contributed by atoms with Crippen LogP contribution in [0.2, 0.25) is 0 Å². The van der Waals surface area contributed by atoms with Gasteiger partial charge in [0.05, 0.1) is 0 Å². The molecule has 21 heavy (non-hydrogen) atoms. The Balaban J connectivity index is 1.84. The van der Waals surface area contributed by atoms with E-state index >= 15 is 0 Å². The van der Waals surface area contributed by atoms with Gasteiger partial charge in [-0.3, -0.25) is 4.79 Å². The maximum absolute atomic E-state index is 13.2. The minimum atomic E-state index is -0.209. The number of hydrogen-bond acceptors (Lipinski definition) is 2. The van der Waals surface area contributed by atoms with Crippen LogP contribution in [0, 0.1) is 11.7 Å². The Morgan fingerprint density at radius 3 is 3.05 bits per heavy atom. The minimum absolute atomic E-state index is 0.209. The van der Waals surface area contributed by atoms with Gasteiger partial charge >= 0.3 is 0 Å². The molecule has 2 atom stereocenters. The Kier molecular flexibility index (Phi) is 5.74. The minimum Gasteiger partial charge on any atom is -0.341 e. The number of halogens is 1. The van der Waals surface area contributed by atoms with E-state index in [2.05, 4.69) is 12.2 Å². The summed E-state index contributed by atoms with van der Waals surface area (Å²) in [4.78, 5) is 14.3. The fourth-order valence-corrected chi connectivity index (χ4v) is 3.00. The Labute approximate surface area is 126 Å². The largest absolute Gasteiger partial charge is 0.341 e. The van der Waals surface area contributed by atoms with Crippen LogP contribution in [0.4, 0.5) is 4.39 Å². The quantitative estimate of drug-likeness (QED) is 0.905. The van der Waals surface area contributed by atoms with E-state index in [1.54, 1.807) is 12.1 Å². The van der Waals surface area contributed by atoms with E-state index in [-0.39, 0.29) is 17.6 Å². The normalized spacial score (nSPS) is 20.3. The predicted octanol–water partition coefficient (Wildman–Crippen LogP) is 2.60. The van der Waals surface area contributed by atoms with Crippen molar-refractivity contribution in [1.82, 2.24) is 10.2 Å². The van der Waals surface area contributed by atoms with Crippen molar-refractivity contribution in [3.63, 3.8) is 0 Å². The van der Waals surface area contributed by atoms with Gasteiger partial charge in [0.25, 0.3) is 0 Å². The van der Waals surface area contributed by atoms with E-state index < -0.39 is 0 Å². The van der Waals surface area contributed by atoms with Crippen LogP contribution in [0.25, 0.3) is 0 Å². The highest BCUT2D eigenvalue weighted by Crippen LogP contribution is 2.17. The molecule has 1 saturated heterocycles. The number of carbonyl (C=O) groups is 1. The molecular weight excluding hydrogens is 267 g/mol. The first-order chi connectivity index (χ1) is 10.1. The summed E-state index contributed by atoms with van der Waals surface area (Å²) in [7, 11) is 1.95. The second-order valence-electron chi connectivity index (χ2n) is 6.11. The maximum atomic E-state index is 13.2. The number of rotatable bonds is 5. The number of likely N-dealkylation sites (tertiary alicyclic amines) is 1. The lowest BCUT2D eigenvalue weighted by Crippen LogP contribution is -2.47. The van der Waals surface area contributed by atoms with E-state index in [9.17, 15) is 9.18 Å². The molecule has 2 rings (SSSR count). The molecular formula is C17H25FN2O. The van der Waals surface area contributed by atoms with E-state index in [1.807, 2.05) is 18.0 Å². The average Bonchev–Trinajstić information content (AvgIpc) is 2.47. The fraction of sp³-hybridized carbons (Fsp3) is 0.588. The molecule has 1 N–H and O–H groups in total. The number of carbonyl (C=O) groups excluding carboxylic acids is 1. The smallest absolute Gasteiger partial charge is 0.222 e. The zero-order chi connectivity index (χ0) is 15.2. The number of likely N-dealkylation sites (N-methyl/N-ethyl adjacent to an activating group) is 1. The second-order valence-corrected chi connectivity index (χ2v) is 6.11. The summed E-state index contributed by atoms with van der Waals surface area (Å²) >= 11 is 0. The van der Waals surface area contributed by atoms with Crippen LogP contribution in [0.1, 0.15) is 31.7 Å². The summed E-state index contributed by atoms with van der Waals surface area (Å²) in [5, 5.41) is 3.25. The Morgan fingerprint density at radius 1 is 1.52 bits per heavy atom. The van der Waals surface area contributed by atoms with Gasteiger partial charge < -0.3 is 10.2 Å². The molecule has 1 aromatic rings. The Morgan fingerprint density at radius 2 is 2.33 bits per heavy atom. The average molecular weight is 292 g/mol. The van der Waals surface area contributed by atoms with Gasteiger partial charge in [0, 0.05) is 25.6 Å². The summed E-state index contributed by atoms with van der Waals surface area (Å²) in [5.41, 5.74) is 0.960. The van der Waals surface area contributed by atoms with E-state index in [4.69, 9.17) is 0 Å². The molecule has 1 amide bonds. The van der Waals surface area contributed by atoms with Crippen LogP contribution >= 0.6 is 0 Å². The molecule has 2 unspecified atom stereocenters. The summed E-state index contributed by atoms with van der Waals surface area (Å²) in [6.45, 7) is 3.73. The third-order valence-electron chi connectivity index (χ3n) is 4.18. The number of nitrogens with zero attached hydrogens (tertiary/aromatic N) is 1. The first-order valence-electron chi connectivity index (χ1n) is 7.78. The van der Waals surface area contributed by atoms with Crippen LogP contribution in [0.15, 0.2) is 24.3 Å². The van der Waals surface area contributed by atoms with E-state index in [0.29, 0.717) is 12.5 Å². The highest BCUT2D eigenvalue weighted by atomic mass is 19.1. The van der Waals surface area contributed by atoms with Gasteiger partial charge in [0.2, 0.25) is 5.91 Å². The fourth-order valence-electron chi connectivity index (χ4n) is 3.00. The zero-order valence-corrected chi connectivity index (χ0v) is 12.9. The van der Waals surface area contributed by atoms with Crippen LogP contribution in [0.3, 0.4) is 0 Å². The molecule has 3 nitrogen and oxygen atoms in total. The lowest BCUT2D eigenvalue weighted by atomic mass is 9.96. The summed E-state index contributed by atoms with van der Waals surface area (Å²) in [6, 6.07) is 7.06. The Bertz CT molecular complexity index is 478. The van der Waals surface area contributed by atoms with Gasteiger partial charge in [-0.1, -0.05) is 19.1 Å². The topological polar surface area (TPSA) is 32.3 Å². The van der Waals surface area contributed by atoms with Gasteiger partial charge in [-0.05, 0) is 49.9 Å². The maximum Gasteiger partial charge on any atom is 0.222 e. The zero-order valence-electron chi connectivity index (χ0n) is 12.9. The first-order valence-corrected chi connectivity index (χ1v) is 7.78. The number of benzene rings is 1.